The second-order valence-corrected chi connectivity index (χ2v) is 11.7. The van der Waals surface area contributed by atoms with Crippen LogP contribution in [0.5, 0.6) is 0 Å². The van der Waals surface area contributed by atoms with Crippen LogP contribution < -0.4 is 5.32 Å². The van der Waals surface area contributed by atoms with Gasteiger partial charge in [0.05, 0.1) is 23.0 Å². The van der Waals surface area contributed by atoms with E-state index in [2.05, 4.69) is 9.71 Å². The van der Waals surface area contributed by atoms with E-state index in [1.54, 1.807) is 60.6 Å². The molecule has 0 heterocycles. The zero-order valence-corrected chi connectivity index (χ0v) is 23.0. The number of sulfonamides is 1. The van der Waals surface area contributed by atoms with Crippen LogP contribution in [-0.4, -0.2) is 32.1 Å². The molecule has 0 aromatic heterocycles. The molecule has 0 fully saturated rings. The Morgan fingerprint density at radius 2 is 1.60 bits per heavy atom. The first-order valence-electron chi connectivity index (χ1n) is 11.7. The fraction of sp³-hybridized carbons (Fsp3) is 0.481. The van der Waals surface area contributed by atoms with Crippen LogP contribution in [0.2, 0.25) is 0 Å². The molecule has 2 rings (SSSR count). The van der Waals surface area contributed by atoms with Crippen molar-refractivity contribution in [2.45, 2.75) is 85.0 Å². The summed E-state index contributed by atoms with van der Waals surface area (Å²) in [6.07, 6.45) is -0.942. The average molecular weight is 503 g/mol. The molecule has 2 aromatic rings. The Hall–Kier alpha value is -2.87. The van der Waals surface area contributed by atoms with Crippen molar-refractivity contribution < 1.29 is 22.7 Å². The topological polar surface area (TPSA) is 94.1 Å². The van der Waals surface area contributed by atoms with Crippen molar-refractivity contribution >= 4 is 22.0 Å². The maximum Gasteiger partial charge on any atom is 0.408 e. The maximum absolute atomic E-state index is 13.4. The van der Waals surface area contributed by atoms with E-state index in [-0.39, 0.29) is 16.9 Å². The van der Waals surface area contributed by atoms with E-state index in [0.29, 0.717) is 5.56 Å². The Labute approximate surface area is 210 Å². The molecule has 35 heavy (non-hydrogen) atoms. The number of amides is 1. The van der Waals surface area contributed by atoms with E-state index < -0.39 is 33.7 Å². The lowest BCUT2D eigenvalue weighted by Crippen LogP contribution is -2.40. The molecule has 7 nitrogen and oxygen atoms in total. The largest absolute Gasteiger partial charge is 0.477 e. The number of ether oxygens (including phenoxy) is 2. The van der Waals surface area contributed by atoms with Crippen molar-refractivity contribution in [2.24, 2.45) is 10.3 Å². The molecule has 0 saturated heterocycles. The minimum Gasteiger partial charge on any atom is -0.477 e. The van der Waals surface area contributed by atoms with Crippen LogP contribution in [0.1, 0.15) is 69.8 Å². The smallest absolute Gasteiger partial charge is 0.408 e. The summed E-state index contributed by atoms with van der Waals surface area (Å²) in [5.74, 6) is -0.601. The van der Waals surface area contributed by atoms with Gasteiger partial charge in [-0.3, -0.25) is 0 Å². The van der Waals surface area contributed by atoms with Crippen LogP contribution in [0.3, 0.4) is 0 Å². The molecule has 0 aliphatic carbocycles. The standard InChI is InChI=1S/C27H38N2O5S/c1-17(2)33-25(29-35(31,32)23-16-18(3)14-15-20(23)5)21(6)24(22-13-11-10-12-19(22)4)28-26(30)34-27(7,8)9/h10-17,21,24H,1-9H3,(H,28,30)/b29-25+/t21-,24+/m1/s1. The summed E-state index contributed by atoms with van der Waals surface area (Å²) in [7, 11) is -4.07. The first kappa shape index (κ1) is 28.4. The third-order valence-electron chi connectivity index (χ3n) is 5.27. The Balaban J connectivity index is 2.60. The molecule has 0 unspecified atom stereocenters. The number of carbonyl (C=O) groups is 1. The summed E-state index contributed by atoms with van der Waals surface area (Å²) in [5, 5.41) is 2.91. The van der Waals surface area contributed by atoms with Gasteiger partial charge in [-0.1, -0.05) is 43.3 Å². The van der Waals surface area contributed by atoms with Crippen LogP contribution >= 0.6 is 0 Å². The molecular formula is C27H38N2O5S. The van der Waals surface area contributed by atoms with Gasteiger partial charge in [-0.2, -0.15) is 8.42 Å². The molecule has 0 saturated carbocycles. The molecule has 0 aliphatic heterocycles. The van der Waals surface area contributed by atoms with Gasteiger partial charge < -0.3 is 14.8 Å². The minimum absolute atomic E-state index is 0.0187. The predicted molar refractivity (Wildman–Crippen MR) is 139 cm³/mol. The fourth-order valence-corrected chi connectivity index (χ4v) is 4.95. The van der Waals surface area contributed by atoms with Crippen molar-refractivity contribution in [1.82, 2.24) is 5.32 Å². The number of alkyl carbamates (subject to hydrolysis) is 1. The number of hydrogen-bond acceptors (Lipinski definition) is 5. The van der Waals surface area contributed by atoms with Crippen LogP contribution in [-0.2, 0) is 19.5 Å². The minimum atomic E-state index is -4.07. The summed E-state index contributed by atoms with van der Waals surface area (Å²) in [5.41, 5.74) is 2.46. The summed E-state index contributed by atoms with van der Waals surface area (Å²) in [6, 6.07) is 12.2. The Morgan fingerprint density at radius 1 is 0.971 bits per heavy atom. The molecule has 0 radical (unpaired) electrons. The van der Waals surface area contributed by atoms with Crippen LogP contribution in [0.25, 0.3) is 0 Å². The van der Waals surface area contributed by atoms with Gasteiger partial charge >= 0.3 is 6.09 Å². The molecule has 192 valence electrons. The van der Waals surface area contributed by atoms with Gasteiger partial charge in [-0.25, -0.2) is 4.79 Å². The monoisotopic (exact) mass is 502 g/mol. The number of carbonyl (C=O) groups excluding carboxylic acids is 1. The second-order valence-electron chi connectivity index (χ2n) is 10.1. The molecular weight excluding hydrogens is 464 g/mol. The quantitative estimate of drug-likeness (QED) is 0.369. The van der Waals surface area contributed by atoms with Crippen molar-refractivity contribution in [2.75, 3.05) is 0 Å². The molecule has 2 aromatic carbocycles. The van der Waals surface area contributed by atoms with E-state index in [9.17, 15) is 13.2 Å². The van der Waals surface area contributed by atoms with Crippen LogP contribution in [0.4, 0.5) is 4.79 Å². The molecule has 1 amide bonds. The zero-order valence-electron chi connectivity index (χ0n) is 22.2. The van der Waals surface area contributed by atoms with Gasteiger partial charge in [-0.15, -0.1) is 4.40 Å². The highest BCUT2D eigenvalue weighted by molar-refractivity contribution is 7.90. The Morgan fingerprint density at radius 3 is 2.17 bits per heavy atom. The van der Waals surface area contributed by atoms with Gasteiger partial charge in [0.1, 0.15) is 5.60 Å². The van der Waals surface area contributed by atoms with Crippen molar-refractivity contribution in [3.8, 4) is 0 Å². The van der Waals surface area contributed by atoms with Gasteiger partial charge in [0, 0.05) is 0 Å². The average Bonchev–Trinajstić information content (AvgIpc) is 2.71. The molecule has 2 atom stereocenters. The summed E-state index contributed by atoms with van der Waals surface area (Å²) in [4.78, 5) is 12.9. The summed E-state index contributed by atoms with van der Waals surface area (Å²) >= 11 is 0. The molecule has 0 bridgehead atoms. The first-order valence-corrected chi connectivity index (χ1v) is 13.2. The van der Waals surface area contributed by atoms with Crippen LogP contribution in [0.15, 0.2) is 51.8 Å². The van der Waals surface area contributed by atoms with Crippen LogP contribution in [0, 0.1) is 26.7 Å². The highest BCUT2D eigenvalue weighted by Crippen LogP contribution is 2.29. The van der Waals surface area contributed by atoms with E-state index in [4.69, 9.17) is 9.47 Å². The van der Waals surface area contributed by atoms with Gasteiger partial charge in [0.15, 0.2) is 0 Å². The summed E-state index contributed by atoms with van der Waals surface area (Å²) < 4.78 is 42.3. The van der Waals surface area contributed by atoms with Gasteiger partial charge in [0.25, 0.3) is 10.0 Å². The highest BCUT2D eigenvalue weighted by atomic mass is 32.2. The molecule has 0 aliphatic rings. The number of nitrogens with one attached hydrogen (secondary N) is 1. The molecule has 0 spiro atoms. The lowest BCUT2D eigenvalue weighted by Gasteiger charge is -2.30. The SMILES string of the molecule is Cc1ccc(C)c(S(=O)(=O)/N=C(/OC(C)C)[C@H](C)[C@H](NC(=O)OC(C)(C)C)c2ccccc2C)c1. The van der Waals surface area contributed by atoms with E-state index in [0.717, 1.165) is 16.7 Å². The maximum atomic E-state index is 13.4. The van der Waals surface area contributed by atoms with E-state index >= 15 is 0 Å². The third kappa shape index (κ3) is 8.09. The normalized spacial score (nSPS) is 14.4. The molecule has 8 heteroatoms. The highest BCUT2D eigenvalue weighted by Gasteiger charge is 2.32. The number of rotatable bonds is 7. The number of hydrogen-bond donors (Lipinski definition) is 1. The number of benzene rings is 2. The van der Waals surface area contributed by atoms with Crippen molar-refractivity contribution in [1.29, 1.82) is 0 Å². The van der Waals surface area contributed by atoms with E-state index in [1.165, 1.54) is 0 Å². The van der Waals surface area contributed by atoms with Crippen molar-refractivity contribution in [3.05, 3.63) is 64.7 Å². The Kier molecular flexibility index (Phi) is 9.11. The van der Waals surface area contributed by atoms with Gasteiger partial charge in [-0.05, 0) is 83.7 Å². The second kappa shape index (κ2) is 11.2. The number of aryl methyl sites for hydroxylation is 3. The lowest BCUT2D eigenvalue weighted by molar-refractivity contribution is 0.0492. The number of nitrogens with zero attached hydrogens (tertiary/aromatic N) is 1. The lowest BCUT2D eigenvalue weighted by atomic mass is 9.91. The predicted octanol–water partition coefficient (Wildman–Crippen LogP) is 6.03. The Bertz CT molecular complexity index is 1180. The van der Waals surface area contributed by atoms with E-state index in [1.807, 2.05) is 44.2 Å². The fourth-order valence-electron chi connectivity index (χ4n) is 3.59. The first-order chi connectivity index (χ1) is 16.1. The van der Waals surface area contributed by atoms with Crippen molar-refractivity contribution in [3.63, 3.8) is 0 Å². The van der Waals surface area contributed by atoms with Gasteiger partial charge in [0.2, 0.25) is 5.90 Å². The zero-order chi connectivity index (χ0) is 26.6. The third-order valence-corrected chi connectivity index (χ3v) is 6.69. The molecule has 1 N–H and O–H groups in total. The summed E-state index contributed by atoms with van der Waals surface area (Å²) in [6.45, 7) is 16.2.